The Kier molecular flexibility index (Phi) is 11.2. The van der Waals surface area contributed by atoms with Gasteiger partial charge in [0, 0.05) is 31.5 Å². The fourth-order valence-corrected chi connectivity index (χ4v) is 4.87. The van der Waals surface area contributed by atoms with Gasteiger partial charge in [-0.3, -0.25) is 15.1 Å². The number of pyridine rings is 1. The van der Waals surface area contributed by atoms with Gasteiger partial charge in [0.25, 0.3) is 0 Å². The summed E-state index contributed by atoms with van der Waals surface area (Å²) in [5, 5.41) is 14.6. The van der Waals surface area contributed by atoms with Crippen molar-refractivity contribution in [1.29, 1.82) is 5.26 Å². The number of nitrogens with one attached hydrogen (secondary N) is 2. The standard InChI is InChI=1S/C31H29F6N5O4/c1-42(17-31(35,36)37)30(44)46-29-16-45-21(13-40-29)7-8-22-26(34)14-39-15-27(22)41-28(43)11-23(19-4-2-18(12-38)3-5-19)20-6-9-24(32)25(33)10-20/h2-6,9-10,14-15,21,23,29,40H,7-8,11,13,16-17H2,1H3,(H,41,43)/t21-,23-,29+/m1/s1. The molecule has 1 aliphatic heterocycles. The van der Waals surface area contributed by atoms with Gasteiger partial charge in [-0.15, -0.1) is 0 Å². The van der Waals surface area contributed by atoms with Gasteiger partial charge >= 0.3 is 12.3 Å². The van der Waals surface area contributed by atoms with Crippen LogP contribution in [0.15, 0.2) is 54.9 Å². The summed E-state index contributed by atoms with van der Waals surface area (Å²) < 4.78 is 90.8. The van der Waals surface area contributed by atoms with E-state index < -0.39 is 60.4 Å². The van der Waals surface area contributed by atoms with Gasteiger partial charge in [-0.1, -0.05) is 18.2 Å². The Morgan fingerprint density at radius 1 is 1.11 bits per heavy atom. The average Bonchev–Trinajstić information content (AvgIpc) is 3.01. The van der Waals surface area contributed by atoms with Crippen molar-refractivity contribution in [3.8, 4) is 6.07 Å². The summed E-state index contributed by atoms with van der Waals surface area (Å²) in [5.74, 6) is -4.13. The van der Waals surface area contributed by atoms with E-state index in [4.69, 9.17) is 14.7 Å². The molecule has 3 aromatic rings. The number of hydrogen-bond donors (Lipinski definition) is 2. The minimum atomic E-state index is -4.58. The molecular formula is C31H29F6N5O4. The lowest BCUT2D eigenvalue weighted by atomic mass is 9.87. The molecule has 3 atom stereocenters. The van der Waals surface area contributed by atoms with Crippen molar-refractivity contribution in [1.82, 2.24) is 15.2 Å². The molecule has 2 heterocycles. The Bertz CT molecular complexity index is 1570. The van der Waals surface area contributed by atoms with Crippen LogP contribution in [0.2, 0.25) is 0 Å². The number of rotatable bonds is 10. The van der Waals surface area contributed by atoms with E-state index in [1.54, 1.807) is 12.1 Å². The van der Waals surface area contributed by atoms with Crippen LogP contribution in [0.25, 0.3) is 0 Å². The van der Waals surface area contributed by atoms with Crippen molar-refractivity contribution in [3.05, 3.63) is 94.6 Å². The van der Waals surface area contributed by atoms with Crippen LogP contribution in [0, 0.1) is 28.8 Å². The number of ether oxygens (including phenoxy) is 2. The van der Waals surface area contributed by atoms with Crippen molar-refractivity contribution < 1.29 is 45.4 Å². The molecule has 9 nitrogen and oxygen atoms in total. The van der Waals surface area contributed by atoms with E-state index in [1.807, 2.05) is 6.07 Å². The SMILES string of the molecule is CN(CC(F)(F)F)C(=O)O[C@H]1CO[C@H](CCc2c(F)cncc2NC(=O)C[C@H](c2ccc(C#N)cc2)c2ccc(F)c(F)c2)CN1. The third kappa shape index (κ3) is 9.41. The van der Waals surface area contributed by atoms with Crippen molar-refractivity contribution in [2.24, 2.45) is 0 Å². The summed E-state index contributed by atoms with van der Waals surface area (Å²) in [6.07, 6.45) is -4.84. The molecule has 2 aromatic carbocycles. The third-order valence-corrected chi connectivity index (χ3v) is 7.20. The Morgan fingerprint density at radius 2 is 1.83 bits per heavy atom. The number of hydrogen-bond acceptors (Lipinski definition) is 7. The fourth-order valence-electron chi connectivity index (χ4n) is 4.87. The van der Waals surface area contributed by atoms with Crippen LogP contribution in [0.4, 0.5) is 36.8 Å². The van der Waals surface area contributed by atoms with Gasteiger partial charge in [-0.05, 0) is 48.2 Å². The van der Waals surface area contributed by atoms with Gasteiger partial charge in [0.05, 0.1) is 42.4 Å². The number of carbonyl (C=O) groups is 2. The van der Waals surface area contributed by atoms with Crippen LogP contribution in [-0.4, -0.2) is 67.1 Å². The highest BCUT2D eigenvalue weighted by Gasteiger charge is 2.33. The van der Waals surface area contributed by atoms with Gasteiger partial charge in [0.2, 0.25) is 5.91 Å². The predicted octanol–water partition coefficient (Wildman–Crippen LogP) is 5.41. The number of alkyl halides is 3. The van der Waals surface area contributed by atoms with Crippen LogP contribution in [0.5, 0.6) is 0 Å². The maximum absolute atomic E-state index is 14.9. The highest BCUT2D eigenvalue weighted by molar-refractivity contribution is 5.92. The van der Waals surface area contributed by atoms with Crippen molar-refractivity contribution in [2.75, 3.05) is 32.1 Å². The van der Waals surface area contributed by atoms with E-state index in [0.29, 0.717) is 21.6 Å². The second kappa shape index (κ2) is 15.1. The molecule has 46 heavy (non-hydrogen) atoms. The lowest BCUT2D eigenvalue weighted by Gasteiger charge is -2.31. The normalized spacial score (nSPS) is 17.1. The van der Waals surface area contributed by atoms with E-state index in [0.717, 1.165) is 25.4 Å². The molecule has 0 saturated carbocycles. The smallest absolute Gasteiger partial charge is 0.411 e. The van der Waals surface area contributed by atoms with Gasteiger partial charge in [0.1, 0.15) is 12.4 Å². The maximum Gasteiger partial charge on any atom is 0.411 e. The number of halogens is 6. The van der Waals surface area contributed by atoms with Gasteiger partial charge in [-0.25, -0.2) is 18.0 Å². The van der Waals surface area contributed by atoms with Crippen LogP contribution in [0.1, 0.15) is 41.0 Å². The van der Waals surface area contributed by atoms with Gasteiger partial charge in [0.15, 0.2) is 17.9 Å². The molecule has 0 unspecified atom stereocenters. The van der Waals surface area contributed by atoms with Crippen molar-refractivity contribution in [3.63, 3.8) is 0 Å². The molecule has 1 aliphatic rings. The number of morpholine rings is 1. The lowest BCUT2D eigenvalue weighted by Crippen LogP contribution is -2.50. The summed E-state index contributed by atoms with van der Waals surface area (Å²) in [4.78, 5) is 29.4. The first-order valence-corrected chi connectivity index (χ1v) is 14.0. The minimum Gasteiger partial charge on any atom is -0.428 e. The predicted molar refractivity (Wildman–Crippen MR) is 152 cm³/mol. The quantitative estimate of drug-likeness (QED) is 0.282. The van der Waals surface area contributed by atoms with E-state index in [1.165, 1.54) is 24.4 Å². The Hall–Kier alpha value is -4.68. The zero-order valence-electron chi connectivity index (χ0n) is 24.4. The number of aromatic nitrogens is 1. The summed E-state index contributed by atoms with van der Waals surface area (Å²) >= 11 is 0. The van der Waals surface area contributed by atoms with E-state index in [2.05, 4.69) is 15.6 Å². The molecule has 4 rings (SSSR count). The monoisotopic (exact) mass is 649 g/mol. The minimum absolute atomic E-state index is 0.0946. The fraction of sp³-hybridized carbons (Fsp3) is 0.355. The van der Waals surface area contributed by atoms with E-state index in [-0.39, 0.29) is 43.7 Å². The molecule has 2 N–H and O–H groups in total. The highest BCUT2D eigenvalue weighted by atomic mass is 19.4. The average molecular weight is 650 g/mol. The first-order chi connectivity index (χ1) is 21.8. The molecule has 0 spiro atoms. The van der Waals surface area contributed by atoms with Crippen LogP contribution in [-0.2, 0) is 20.7 Å². The summed E-state index contributed by atoms with van der Waals surface area (Å²) in [6.45, 7) is -1.48. The van der Waals surface area contributed by atoms with Crippen LogP contribution in [0.3, 0.4) is 0 Å². The lowest BCUT2D eigenvalue weighted by molar-refractivity contribution is -0.143. The molecule has 1 aromatic heterocycles. The maximum atomic E-state index is 14.9. The van der Waals surface area contributed by atoms with Gasteiger partial charge in [-0.2, -0.15) is 18.4 Å². The molecule has 244 valence electrons. The van der Waals surface area contributed by atoms with Gasteiger partial charge < -0.3 is 19.7 Å². The largest absolute Gasteiger partial charge is 0.428 e. The zero-order chi connectivity index (χ0) is 33.4. The number of anilines is 1. The molecule has 1 saturated heterocycles. The summed E-state index contributed by atoms with van der Waals surface area (Å²) in [5.41, 5.74) is 1.48. The number of carbonyl (C=O) groups excluding carboxylic acids is 2. The third-order valence-electron chi connectivity index (χ3n) is 7.20. The molecule has 1 fully saturated rings. The molecule has 15 heteroatoms. The number of benzene rings is 2. The molecule has 0 radical (unpaired) electrons. The van der Waals surface area contributed by atoms with E-state index in [9.17, 15) is 35.9 Å². The number of nitrogens with zero attached hydrogens (tertiary/aromatic N) is 3. The second-order valence-electron chi connectivity index (χ2n) is 10.6. The summed E-state index contributed by atoms with van der Waals surface area (Å²) in [6, 6.07) is 11.6. The first kappa shape index (κ1) is 34.2. The molecular weight excluding hydrogens is 620 g/mol. The van der Waals surface area contributed by atoms with Crippen LogP contribution >= 0.6 is 0 Å². The Balaban J connectivity index is 1.38. The van der Waals surface area contributed by atoms with Crippen molar-refractivity contribution in [2.45, 2.75) is 43.7 Å². The Morgan fingerprint density at radius 3 is 2.46 bits per heavy atom. The van der Waals surface area contributed by atoms with E-state index >= 15 is 0 Å². The molecule has 0 bridgehead atoms. The topological polar surface area (TPSA) is 117 Å². The number of nitriles is 1. The first-order valence-electron chi connectivity index (χ1n) is 14.0. The van der Waals surface area contributed by atoms with Crippen LogP contribution < -0.4 is 10.6 Å². The molecule has 2 amide bonds. The highest BCUT2D eigenvalue weighted by Crippen LogP contribution is 2.31. The van der Waals surface area contributed by atoms with Crippen molar-refractivity contribution >= 4 is 17.7 Å². The molecule has 0 aliphatic carbocycles. The number of amides is 2. The summed E-state index contributed by atoms with van der Waals surface area (Å²) in [7, 11) is 0.956. The zero-order valence-corrected chi connectivity index (χ0v) is 24.4. The Labute approximate surface area is 260 Å². The second-order valence-corrected chi connectivity index (χ2v) is 10.6.